The first-order valence-corrected chi connectivity index (χ1v) is 7.33. The molecule has 0 aliphatic carbocycles. The topological polar surface area (TPSA) is 38.3 Å². The molecule has 0 fully saturated rings. The van der Waals surface area contributed by atoms with E-state index in [9.17, 15) is 4.21 Å². The van der Waals surface area contributed by atoms with Gasteiger partial charge in [-0.3, -0.25) is 4.21 Å². The fourth-order valence-electron chi connectivity index (χ4n) is 1.48. The van der Waals surface area contributed by atoms with Gasteiger partial charge in [-0.1, -0.05) is 13.8 Å². The Bertz CT molecular complexity index is 174. The van der Waals surface area contributed by atoms with E-state index in [4.69, 9.17) is 4.74 Å². The first-order chi connectivity index (χ1) is 7.07. The molecule has 0 aromatic heterocycles. The molecule has 2 unspecified atom stereocenters. The molecule has 0 bridgehead atoms. The second-order valence-corrected chi connectivity index (χ2v) is 5.77. The summed E-state index contributed by atoms with van der Waals surface area (Å²) in [5.41, 5.74) is 0. The summed E-state index contributed by atoms with van der Waals surface area (Å²) in [5.74, 6) is 1.41. The van der Waals surface area contributed by atoms with Crippen molar-refractivity contribution in [3.05, 3.63) is 0 Å². The minimum absolute atomic E-state index is 0.509. The molecule has 0 aliphatic rings. The molecule has 1 N–H and O–H groups in total. The highest BCUT2D eigenvalue weighted by Crippen LogP contribution is 2.06. The predicted octanol–water partition coefficient (Wildman–Crippen LogP) is 1.41. The van der Waals surface area contributed by atoms with Crippen LogP contribution in [0.3, 0.4) is 0 Å². The average molecular weight is 235 g/mol. The summed E-state index contributed by atoms with van der Waals surface area (Å²) < 4.78 is 15.9. The molecule has 92 valence electrons. The predicted molar refractivity (Wildman–Crippen MR) is 66.7 cm³/mol. The van der Waals surface area contributed by atoms with Gasteiger partial charge in [-0.15, -0.1) is 0 Å². The summed E-state index contributed by atoms with van der Waals surface area (Å²) in [6, 6.07) is 0.509. The normalized spacial score (nSPS) is 15.5. The van der Waals surface area contributed by atoms with E-state index in [1.807, 2.05) is 0 Å². The smallest absolute Gasteiger partial charge is 0.0477 e. The van der Waals surface area contributed by atoms with Gasteiger partial charge in [0.1, 0.15) is 0 Å². The monoisotopic (exact) mass is 235 g/mol. The Kier molecular flexibility index (Phi) is 9.35. The van der Waals surface area contributed by atoms with Gasteiger partial charge >= 0.3 is 0 Å². The molecular formula is C11H25NO2S. The van der Waals surface area contributed by atoms with Crippen LogP contribution >= 0.6 is 0 Å². The van der Waals surface area contributed by atoms with Gasteiger partial charge in [-0.25, -0.2) is 0 Å². The third kappa shape index (κ3) is 9.03. The summed E-state index contributed by atoms with van der Waals surface area (Å²) in [7, 11) is 1.07. The highest BCUT2D eigenvalue weighted by atomic mass is 32.2. The van der Waals surface area contributed by atoms with Gasteiger partial charge in [0.05, 0.1) is 0 Å². The first-order valence-electron chi connectivity index (χ1n) is 5.60. The maximum atomic E-state index is 10.9. The van der Waals surface area contributed by atoms with Crippen LogP contribution in [-0.4, -0.2) is 42.5 Å². The average Bonchev–Trinajstić information content (AvgIpc) is 2.15. The third-order valence-corrected chi connectivity index (χ3v) is 3.32. The molecule has 0 saturated heterocycles. The van der Waals surface area contributed by atoms with E-state index in [0.29, 0.717) is 12.0 Å². The Morgan fingerprint density at radius 3 is 2.53 bits per heavy atom. The Balaban J connectivity index is 3.61. The van der Waals surface area contributed by atoms with Crippen LogP contribution in [0, 0.1) is 5.92 Å². The van der Waals surface area contributed by atoms with Gasteiger partial charge in [-0.05, 0) is 25.3 Å². The second kappa shape index (κ2) is 9.31. The van der Waals surface area contributed by atoms with Crippen molar-refractivity contribution >= 4 is 10.8 Å². The van der Waals surface area contributed by atoms with Crippen molar-refractivity contribution in [1.29, 1.82) is 0 Å². The van der Waals surface area contributed by atoms with Crippen LogP contribution in [0.5, 0.6) is 0 Å². The van der Waals surface area contributed by atoms with Crippen molar-refractivity contribution in [1.82, 2.24) is 5.32 Å². The molecule has 0 saturated carbocycles. The Labute approximate surface area is 96.4 Å². The second-order valence-electron chi connectivity index (χ2n) is 4.22. The van der Waals surface area contributed by atoms with E-state index in [1.54, 1.807) is 13.4 Å². The van der Waals surface area contributed by atoms with Crippen LogP contribution in [-0.2, 0) is 15.5 Å². The van der Waals surface area contributed by atoms with E-state index in [-0.39, 0.29) is 0 Å². The number of nitrogens with one attached hydrogen (secondary N) is 1. The van der Waals surface area contributed by atoms with E-state index in [2.05, 4.69) is 19.2 Å². The SMILES string of the molecule is COCCC(NCCCS(C)=O)C(C)C. The molecule has 2 atom stereocenters. The fourth-order valence-corrected chi connectivity index (χ4v) is 2.03. The van der Waals surface area contributed by atoms with Gasteiger partial charge in [0.2, 0.25) is 0 Å². The molecule has 0 aliphatic heterocycles. The number of rotatable bonds is 9. The van der Waals surface area contributed by atoms with Crippen molar-refractivity contribution in [2.24, 2.45) is 5.92 Å². The minimum atomic E-state index is -0.661. The number of methoxy groups -OCH3 is 1. The Hall–Kier alpha value is 0.0700. The van der Waals surface area contributed by atoms with E-state index < -0.39 is 10.8 Å². The van der Waals surface area contributed by atoms with Crippen LogP contribution in [0.2, 0.25) is 0 Å². The van der Waals surface area contributed by atoms with Gasteiger partial charge in [0, 0.05) is 42.6 Å². The highest BCUT2D eigenvalue weighted by molar-refractivity contribution is 7.84. The number of hydrogen-bond donors (Lipinski definition) is 1. The molecule has 0 heterocycles. The molecule has 0 radical (unpaired) electrons. The van der Waals surface area contributed by atoms with Crippen molar-refractivity contribution in [3.63, 3.8) is 0 Å². The van der Waals surface area contributed by atoms with Crippen LogP contribution in [0.15, 0.2) is 0 Å². The molecule has 4 heteroatoms. The van der Waals surface area contributed by atoms with Gasteiger partial charge in [0.15, 0.2) is 0 Å². The largest absolute Gasteiger partial charge is 0.385 e. The molecule has 0 rings (SSSR count). The van der Waals surface area contributed by atoms with Gasteiger partial charge in [0.25, 0.3) is 0 Å². The van der Waals surface area contributed by atoms with Crippen LogP contribution in [0.4, 0.5) is 0 Å². The zero-order valence-corrected chi connectivity index (χ0v) is 11.2. The third-order valence-electron chi connectivity index (χ3n) is 2.45. The Morgan fingerprint density at radius 2 is 2.07 bits per heavy atom. The van der Waals surface area contributed by atoms with Crippen molar-refractivity contribution in [2.45, 2.75) is 32.7 Å². The van der Waals surface area contributed by atoms with Gasteiger partial charge < -0.3 is 10.1 Å². The number of ether oxygens (including phenoxy) is 1. The van der Waals surface area contributed by atoms with E-state index in [0.717, 1.165) is 31.7 Å². The van der Waals surface area contributed by atoms with E-state index >= 15 is 0 Å². The Morgan fingerprint density at radius 1 is 1.40 bits per heavy atom. The lowest BCUT2D eigenvalue weighted by Gasteiger charge is -2.22. The van der Waals surface area contributed by atoms with Crippen LogP contribution in [0.1, 0.15) is 26.7 Å². The maximum absolute atomic E-state index is 10.9. The summed E-state index contributed by atoms with van der Waals surface area (Å²) in [6.07, 6.45) is 3.79. The minimum Gasteiger partial charge on any atom is -0.385 e. The fraction of sp³-hybridized carbons (Fsp3) is 1.00. The highest BCUT2D eigenvalue weighted by Gasteiger charge is 2.11. The summed E-state index contributed by atoms with van der Waals surface area (Å²) in [4.78, 5) is 0. The molecule has 0 aromatic carbocycles. The van der Waals surface area contributed by atoms with E-state index in [1.165, 1.54) is 0 Å². The van der Waals surface area contributed by atoms with Crippen molar-refractivity contribution < 1.29 is 8.95 Å². The number of hydrogen-bond acceptors (Lipinski definition) is 3. The first kappa shape index (κ1) is 15.1. The maximum Gasteiger partial charge on any atom is 0.0477 e. The summed E-state index contributed by atoms with van der Waals surface area (Å²) in [6.45, 7) is 6.18. The summed E-state index contributed by atoms with van der Waals surface area (Å²) >= 11 is 0. The quantitative estimate of drug-likeness (QED) is 0.614. The standard InChI is InChI=1S/C11H25NO2S/c1-10(2)11(6-8-14-3)12-7-5-9-15(4)13/h10-12H,5-9H2,1-4H3. The molecule has 0 spiro atoms. The van der Waals surface area contributed by atoms with Crippen LogP contribution in [0.25, 0.3) is 0 Å². The molecule has 15 heavy (non-hydrogen) atoms. The van der Waals surface area contributed by atoms with Crippen molar-refractivity contribution in [3.8, 4) is 0 Å². The zero-order chi connectivity index (χ0) is 11.7. The van der Waals surface area contributed by atoms with Crippen LogP contribution < -0.4 is 5.32 Å². The summed E-state index contributed by atoms with van der Waals surface area (Å²) in [5, 5.41) is 3.49. The zero-order valence-electron chi connectivity index (χ0n) is 10.4. The lowest BCUT2D eigenvalue weighted by atomic mass is 10.0. The van der Waals surface area contributed by atoms with Crippen molar-refractivity contribution in [2.75, 3.05) is 32.3 Å². The molecule has 3 nitrogen and oxygen atoms in total. The lowest BCUT2D eigenvalue weighted by Crippen LogP contribution is -2.35. The molecule has 0 amide bonds. The molecule has 0 aromatic rings. The van der Waals surface area contributed by atoms with Gasteiger partial charge in [-0.2, -0.15) is 0 Å². The lowest BCUT2D eigenvalue weighted by molar-refractivity contribution is 0.174. The molecular weight excluding hydrogens is 210 g/mol.